The second-order valence-corrected chi connectivity index (χ2v) is 6.36. The second kappa shape index (κ2) is 6.31. The molecule has 2 fully saturated rings. The Hall–Kier alpha value is -1.52. The summed E-state index contributed by atoms with van der Waals surface area (Å²) in [5, 5.41) is 0.398. The summed E-state index contributed by atoms with van der Waals surface area (Å²) in [5.41, 5.74) is 1.82. The maximum Gasteiger partial charge on any atom is 0.255 e. The van der Waals surface area contributed by atoms with Crippen LogP contribution >= 0.6 is 11.6 Å². The number of benzene rings is 1. The van der Waals surface area contributed by atoms with Gasteiger partial charge >= 0.3 is 0 Å². The molecule has 0 spiro atoms. The predicted molar refractivity (Wildman–Crippen MR) is 87.6 cm³/mol. The molecule has 1 atom stereocenters. The lowest BCUT2D eigenvalue weighted by Crippen LogP contribution is -2.56. The van der Waals surface area contributed by atoms with Crippen LogP contribution < -0.4 is 4.74 Å². The van der Waals surface area contributed by atoms with E-state index in [1.165, 1.54) is 5.57 Å². The van der Waals surface area contributed by atoms with Crippen molar-refractivity contribution in [2.75, 3.05) is 33.3 Å². The fourth-order valence-corrected chi connectivity index (χ4v) is 3.58. The van der Waals surface area contributed by atoms with Crippen LogP contribution in [0, 0.1) is 0 Å². The third-order valence-electron chi connectivity index (χ3n) is 4.56. The Morgan fingerprint density at radius 3 is 3.00 bits per heavy atom. The molecule has 118 valence electrons. The molecule has 3 rings (SSSR count). The predicted octanol–water partition coefficient (Wildman–Crippen LogP) is 2.83. The minimum absolute atomic E-state index is 0.00653. The van der Waals surface area contributed by atoms with Crippen LogP contribution in [0.2, 0.25) is 5.02 Å². The number of halogens is 1. The van der Waals surface area contributed by atoms with Crippen molar-refractivity contribution < 1.29 is 9.53 Å². The first-order valence-electron chi connectivity index (χ1n) is 7.62. The molecule has 0 saturated carbocycles. The first-order chi connectivity index (χ1) is 10.6. The molecule has 0 radical (unpaired) electrons. The van der Waals surface area contributed by atoms with Crippen molar-refractivity contribution in [3.63, 3.8) is 0 Å². The maximum absolute atomic E-state index is 12.8. The van der Waals surface area contributed by atoms with Crippen molar-refractivity contribution in [1.29, 1.82) is 0 Å². The third kappa shape index (κ3) is 2.85. The summed E-state index contributed by atoms with van der Waals surface area (Å²) in [6.45, 7) is 7.44. The summed E-state index contributed by atoms with van der Waals surface area (Å²) in [6, 6.07) is 5.78. The Bertz CT molecular complexity index is 602. The van der Waals surface area contributed by atoms with E-state index < -0.39 is 0 Å². The quantitative estimate of drug-likeness (QED) is 0.786. The summed E-state index contributed by atoms with van der Waals surface area (Å²) in [4.78, 5) is 17.1. The van der Waals surface area contributed by atoms with Gasteiger partial charge in [-0.15, -0.1) is 0 Å². The minimum atomic E-state index is -0.00653. The van der Waals surface area contributed by atoms with E-state index in [1.807, 2.05) is 4.90 Å². The lowest BCUT2D eigenvalue weighted by molar-refractivity contribution is 0.0445. The zero-order valence-corrected chi connectivity index (χ0v) is 13.6. The topological polar surface area (TPSA) is 32.8 Å². The van der Waals surface area contributed by atoms with Gasteiger partial charge in [0.1, 0.15) is 5.75 Å². The van der Waals surface area contributed by atoms with Crippen LogP contribution in [0.15, 0.2) is 30.4 Å². The molecule has 5 heteroatoms. The van der Waals surface area contributed by atoms with Crippen molar-refractivity contribution >= 4 is 17.5 Å². The molecular formula is C17H21ClN2O2. The molecule has 22 heavy (non-hydrogen) atoms. The standard InChI is InChI=1S/C17H21ClN2O2/c1-12-6-7-13-11-20(9-8-19(13)10-12)17(21)14-4-3-5-15(22-2)16(14)18/h3-5,13H,1,6-11H2,2H3. The van der Waals surface area contributed by atoms with E-state index in [2.05, 4.69) is 11.5 Å². The van der Waals surface area contributed by atoms with Gasteiger partial charge in [-0.25, -0.2) is 0 Å². The molecule has 2 aliphatic heterocycles. The van der Waals surface area contributed by atoms with Crippen molar-refractivity contribution in [2.24, 2.45) is 0 Å². The number of hydrogen-bond acceptors (Lipinski definition) is 3. The molecule has 2 saturated heterocycles. The number of piperazine rings is 1. The molecule has 0 aromatic heterocycles. The summed E-state index contributed by atoms with van der Waals surface area (Å²) < 4.78 is 5.20. The number of carbonyl (C=O) groups excluding carboxylic acids is 1. The van der Waals surface area contributed by atoms with Gasteiger partial charge in [0.25, 0.3) is 5.91 Å². The minimum Gasteiger partial charge on any atom is -0.495 e. The Morgan fingerprint density at radius 2 is 2.23 bits per heavy atom. The average Bonchev–Trinajstić information content (AvgIpc) is 2.54. The van der Waals surface area contributed by atoms with Crippen LogP contribution in [0.5, 0.6) is 5.75 Å². The molecule has 0 aliphatic carbocycles. The van der Waals surface area contributed by atoms with E-state index in [0.717, 1.165) is 39.0 Å². The number of piperidine rings is 1. The molecule has 2 heterocycles. The smallest absolute Gasteiger partial charge is 0.255 e. The van der Waals surface area contributed by atoms with E-state index in [4.69, 9.17) is 16.3 Å². The van der Waals surface area contributed by atoms with Gasteiger partial charge in [-0.3, -0.25) is 9.69 Å². The Kier molecular flexibility index (Phi) is 4.41. The number of hydrogen-bond donors (Lipinski definition) is 0. The van der Waals surface area contributed by atoms with Crippen LogP contribution in [-0.4, -0.2) is 55.0 Å². The lowest BCUT2D eigenvalue weighted by Gasteiger charge is -2.44. The molecule has 1 unspecified atom stereocenters. The number of nitrogens with zero attached hydrogens (tertiary/aromatic N) is 2. The summed E-state index contributed by atoms with van der Waals surface area (Å²) in [7, 11) is 1.56. The fraction of sp³-hybridized carbons (Fsp3) is 0.471. The highest BCUT2D eigenvalue weighted by Gasteiger charge is 2.33. The molecular weight excluding hydrogens is 300 g/mol. The highest BCUT2D eigenvalue weighted by Crippen LogP contribution is 2.30. The van der Waals surface area contributed by atoms with Gasteiger partial charge in [-0.05, 0) is 25.0 Å². The van der Waals surface area contributed by atoms with Gasteiger partial charge in [0.05, 0.1) is 17.7 Å². The van der Waals surface area contributed by atoms with E-state index >= 15 is 0 Å². The van der Waals surface area contributed by atoms with Crippen molar-refractivity contribution in [3.05, 3.63) is 40.9 Å². The van der Waals surface area contributed by atoms with Gasteiger partial charge in [-0.2, -0.15) is 0 Å². The number of amides is 1. The zero-order chi connectivity index (χ0) is 15.7. The third-order valence-corrected chi connectivity index (χ3v) is 4.95. The summed E-state index contributed by atoms with van der Waals surface area (Å²) >= 11 is 6.28. The summed E-state index contributed by atoms with van der Waals surface area (Å²) in [6.07, 6.45) is 2.14. The highest BCUT2D eigenvalue weighted by atomic mass is 35.5. The normalized spacial score (nSPS) is 22.4. The second-order valence-electron chi connectivity index (χ2n) is 5.99. The molecule has 1 amide bonds. The molecule has 1 aromatic carbocycles. The first kappa shape index (κ1) is 15.4. The highest BCUT2D eigenvalue weighted by molar-refractivity contribution is 6.35. The Labute approximate surface area is 136 Å². The van der Waals surface area contributed by atoms with E-state index in [0.29, 0.717) is 22.4 Å². The van der Waals surface area contributed by atoms with Gasteiger partial charge < -0.3 is 9.64 Å². The lowest BCUT2D eigenvalue weighted by atomic mass is 9.96. The Morgan fingerprint density at radius 1 is 1.41 bits per heavy atom. The largest absolute Gasteiger partial charge is 0.495 e. The van der Waals surface area contributed by atoms with Gasteiger partial charge in [-0.1, -0.05) is 29.8 Å². The van der Waals surface area contributed by atoms with Gasteiger partial charge in [0, 0.05) is 32.2 Å². The van der Waals surface area contributed by atoms with Crippen LogP contribution in [0.4, 0.5) is 0 Å². The van der Waals surface area contributed by atoms with Gasteiger partial charge in [0.15, 0.2) is 0 Å². The van der Waals surface area contributed by atoms with Crippen LogP contribution in [0.1, 0.15) is 23.2 Å². The fourth-order valence-electron chi connectivity index (χ4n) is 3.30. The number of ether oxygens (including phenoxy) is 1. The summed E-state index contributed by atoms with van der Waals surface area (Å²) in [5.74, 6) is 0.535. The first-order valence-corrected chi connectivity index (χ1v) is 8.00. The molecule has 0 N–H and O–H groups in total. The number of rotatable bonds is 2. The molecule has 0 bridgehead atoms. The molecule has 2 aliphatic rings. The maximum atomic E-state index is 12.8. The van der Waals surface area contributed by atoms with Gasteiger partial charge in [0.2, 0.25) is 0 Å². The number of methoxy groups -OCH3 is 1. The molecule has 4 nitrogen and oxygen atoms in total. The SMILES string of the molecule is C=C1CCC2CN(C(=O)c3cccc(OC)c3Cl)CCN2C1. The number of fused-ring (bicyclic) bond motifs is 1. The zero-order valence-electron chi connectivity index (χ0n) is 12.8. The van der Waals surface area contributed by atoms with Crippen molar-refractivity contribution in [3.8, 4) is 5.75 Å². The van der Waals surface area contributed by atoms with Crippen molar-refractivity contribution in [1.82, 2.24) is 9.80 Å². The van der Waals surface area contributed by atoms with Crippen LogP contribution in [0.3, 0.4) is 0 Å². The molecule has 1 aromatic rings. The Balaban J connectivity index is 1.75. The average molecular weight is 321 g/mol. The van der Waals surface area contributed by atoms with Crippen LogP contribution in [-0.2, 0) is 0 Å². The van der Waals surface area contributed by atoms with E-state index in [-0.39, 0.29) is 5.91 Å². The van der Waals surface area contributed by atoms with Crippen molar-refractivity contribution in [2.45, 2.75) is 18.9 Å². The van der Waals surface area contributed by atoms with E-state index in [9.17, 15) is 4.79 Å². The number of carbonyl (C=O) groups is 1. The monoisotopic (exact) mass is 320 g/mol. The van der Waals surface area contributed by atoms with Crippen LogP contribution in [0.25, 0.3) is 0 Å². The van der Waals surface area contributed by atoms with E-state index in [1.54, 1.807) is 25.3 Å².